The third-order valence-electron chi connectivity index (χ3n) is 5.93. The number of benzene rings is 1. The van der Waals surface area contributed by atoms with Gasteiger partial charge in [0.25, 0.3) is 0 Å². The Morgan fingerprint density at radius 3 is 2.71 bits per heavy atom. The van der Waals surface area contributed by atoms with Crippen molar-refractivity contribution in [2.45, 2.75) is 44.0 Å². The number of sulfonamides is 1. The van der Waals surface area contributed by atoms with Gasteiger partial charge in [0.2, 0.25) is 21.8 Å². The molecule has 1 saturated heterocycles. The average Bonchev–Trinajstić information content (AvgIpc) is 3.11. The molecular formula is C24H31N3O6S. The molecule has 2 aliphatic rings. The fourth-order valence-electron chi connectivity index (χ4n) is 4.03. The molecule has 184 valence electrons. The number of rotatable bonds is 8. The predicted octanol–water partition coefficient (Wildman–Crippen LogP) is 2.75. The number of hydrogen-bond donors (Lipinski definition) is 1. The van der Waals surface area contributed by atoms with E-state index in [1.54, 1.807) is 18.3 Å². The molecule has 2 aromatic rings. The lowest BCUT2D eigenvalue weighted by Gasteiger charge is -2.30. The second-order valence-corrected chi connectivity index (χ2v) is 10.3. The highest BCUT2D eigenvalue weighted by molar-refractivity contribution is 7.89. The van der Waals surface area contributed by atoms with E-state index in [2.05, 4.69) is 10.3 Å². The van der Waals surface area contributed by atoms with E-state index in [1.165, 1.54) is 10.4 Å². The van der Waals surface area contributed by atoms with Crippen molar-refractivity contribution in [3.05, 3.63) is 42.1 Å². The zero-order valence-electron chi connectivity index (χ0n) is 19.4. The van der Waals surface area contributed by atoms with Crippen molar-refractivity contribution in [2.75, 3.05) is 32.9 Å². The number of carbonyl (C=O) groups is 1. The molecule has 1 amide bonds. The first kappa shape index (κ1) is 24.3. The summed E-state index contributed by atoms with van der Waals surface area (Å²) in [4.78, 5) is 17.2. The molecule has 0 unspecified atom stereocenters. The van der Waals surface area contributed by atoms with Gasteiger partial charge in [0.15, 0.2) is 11.5 Å². The Bertz CT molecular complexity index is 1100. The van der Waals surface area contributed by atoms with Crippen LogP contribution in [0.5, 0.6) is 17.4 Å². The number of hydrogen-bond acceptors (Lipinski definition) is 7. The van der Waals surface area contributed by atoms with Gasteiger partial charge in [-0.05, 0) is 37.5 Å². The van der Waals surface area contributed by atoms with Crippen molar-refractivity contribution in [3.63, 3.8) is 0 Å². The first-order valence-corrected chi connectivity index (χ1v) is 13.2. The van der Waals surface area contributed by atoms with Crippen molar-refractivity contribution in [1.29, 1.82) is 0 Å². The Balaban J connectivity index is 1.33. The molecule has 1 N–H and O–H groups in total. The van der Waals surface area contributed by atoms with Crippen LogP contribution in [0.15, 0.2) is 41.4 Å². The number of piperidine rings is 1. The summed E-state index contributed by atoms with van der Waals surface area (Å²) in [5.74, 6) is 1.21. The van der Waals surface area contributed by atoms with Crippen LogP contribution in [0.3, 0.4) is 0 Å². The van der Waals surface area contributed by atoms with Crippen LogP contribution in [-0.2, 0) is 21.4 Å². The number of ether oxygens (including phenoxy) is 3. The molecule has 10 heteroatoms. The van der Waals surface area contributed by atoms with Crippen LogP contribution in [0.25, 0.3) is 0 Å². The number of nitrogens with one attached hydrogen (secondary N) is 1. The van der Waals surface area contributed by atoms with Gasteiger partial charge in [0.1, 0.15) is 0 Å². The van der Waals surface area contributed by atoms with E-state index in [1.807, 2.05) is 19.1 Å². The highest BCUT2D eigenvalue weighted by Crippen LogP contribution is 2.33. The molecule has 3 heterocycles. The maximum absolute atomic E-state index is 13.2. The standard InChI is InChI=1S/C24H31N3O6S/c1-2-13-33-24-19(5-3-10-25-24)17-26-23(28)18-8-11-27(12-9-18)34(29,30)20-6-7-21-22(16-20)32-15-4-14-31-21/h3,5-7,10,16,18H,2,4,8-9,11-15,17H2,1H3,(H,26,28). The number of amides is 1. The van der Waals surface area contributed by atoms with E-state index >= 15 is 0 Å². The Kier molecular flexibility index (Phi) is 7.89. The van der Waals surface area contributed by atoms with Crippen LogP contribution in [0, 0.1) is 5.92 Å². The molecule has 0 bridgehead atoms. The van der Waals surface area contributed by atoms with Gasteiger partial charge in [-0.1, -0.05) is 13.0 Å². The lowest BCUT2D eigenvalue weighted by atomic mass is 9.97. The van der Waals surface area contributed by atoms with Crippen molar-refractivity contribution >= 4 is 15.9 Å². The zero-order valence-corrected chi connectivity index (χ0v) is 20.2. The number of fused-ring (bicyclic) bond motifs is 1. The van der Waals surface area contributed by atoms with Crippen molar-refractivity contribution in [2.24, 2.45) is 5.92 Å². The summed E-state index contributed by atoms with van der Waals surface area (Å²) >= 11 is 0. The lowest BCUT2D eigenvalue weighted by molar-refractivity contribution is -0.126. The minimum absolute atomic E-state index is 0.0853. The Morgan fingerprint density at radius 1 is 1.18 bits per heavy atom. The summed E-state index contributed by atoms with van der Waals surface area (Å²) in [6.45, 7) is 4.51. The van der Waals surface area contributed by atoms with Crippen LogP contribution in [0.4, 0.5) is 0 Å². The predicted molar refractivity (Wildman–Crippen MR) is 125 cm³/mol. The van der Waals surface area contributed by atoms with E-state index in [4.69, 9.17) is 14.2 Å². The normalized spacial score (nSPS) is 17.1. The zero-order chi connectivity index (χ0) is 24.0. The Labute approximate surface area is 200 Å². The van der Waals surface area contributed by atoms with Gasteiger partial charge in [-0.2, -0.15) is 4.31 Å². The van der Waals surface area contributed by atoms with Gasteiger partial charge in [-0.3, -0.25) is 4.79 Å². The molecule has 0 atom stereocenters. The summed E-state index contributed by atoms with van der Waals surface area (Å²) in [5, 5.41) is 2.95. The highest BCUT2D eigenvalue weighted by atomic mass is 32.2. The van der Waals surface area contributed by atoms with Gasteiger partial charge in [0, 0.05) is 49.8 Å². The van der Waals surface area contributed by atoms with Gasteiger partial charge >= 0.3 is 0 Å². The van der Waals surface area contributed by atoms with E-state index in [0.717, 1.165) is 18.4 Å². The third kappa shape index (κ3) is 5.61. The number of pyridine rings is 1. The van der Waals surface area contributed by atoms with Crippen LogP contribution in [0.1, 0.15) is 38.2 Å². The first-order chi connectivity index (χ1) is 16.5. The largest absolute Gasteiger partial charge is 0.490 e. The van der Waals surface area contributed by atoms with Gasteiger partial charge in [-0.25, -0.2) is 13.4 Å². The number of aromatic nitrogens is 1. The van der Waals surface area contributed by atoms with Crippen LogP contribution < -0.4 is 19.5 Å². The van der Waals surface area contributed by atoms with Crippen molar-refractivity contribution in [3.8, 4) is 17.4 Å². The molecule has 0 saturated carbocycles. The average molecular weight is 490 g/mol. The van der Waals surface area contributed by atoms with Gasteiger partial charge < -0.3 is 19.5 Å². The fourth-order valence-corrected chi connectivity index (χ4v) is 5.51. The summed E-state index contributed by atoms with van der Waals surface area (Å²) in [6.07, 6.45) is 4.20. The molecule has 0 radical (unpaired) electrons. The summed E-state index contributed by atoms with van der Waals surface area (Å²) in [7, 11) is -3.69. The molecule has 1 aromatic heterocycles. The second-order valence-electron chi connectivity index (χ2n) is 8.37. The monoisotopic (exact) mass is 489 g/mol. The maximum Gasteiger partial charge on any atom is 0.243 e. The topological polar surface area (TPSA) is 107 Å². The second kappa shape index (κ2) is 11.1. The Morgan fingerprint density at radius 2 is 1.94 bits per heavy atom. The van der Waals surface area contributed by atoms with Gasteiger partial charge in [0.05, 0.1) is 24.7 Å². The van der Waals surface area contributed by atoms with Crippen LogP contribution in [0.2, 0.25) is 0 Å². The minimum Gasteiger partial charge on any atom is -0.490 e. The summed E-state index contributed by atoms with van der Waals surface area (Å²) in [5.41, 5.74) is 0.818. The quantitative estimate of drug-likeness (QED) is 0.608. The van der Waals surface area contributed by atoms with E-state index < -0.39 is 10.0 Å². The van der Waals surface area contributed by atoms with E-state index in [-0.39, 0.29) is 29.8 Å². The molecule has 0 spiro atoms. The maximum atomic E-state index is 13.2. The minimum atomic E-state index is -3.69. The molecule has 0 aliphatic carbocycles. The molecule has 4 rings (SSSR count). The van der Waals surface area contributed by atoms with Crippen molar-refractivity contribution < 1.29 is 27.4 Å². The molecule has 1 fully saturated rings. The SMILES string of the molecule is CCCOc1ncccc1CNC(=O)C1CCN(S(=O)(=O)c2ccc3c(c2)OCCCO3)CC1. The lowest BCUT2D eigenvalue weighted by Crippen LogP contribution is -2.42. The number of carbonyl (C=O) groups excluding carboxylic acids is 1. The molecule has 1 aromatic carbocycles. The first-order valence-electron chi connectivity index (χ1n) is 11.7. The molecule has 9 nitrogen and oxygen atoms in total. The highest BCUT2D eigenvalue weighted by Gasteiger charge is 2.32. The molecular weight excluding hydrogens is 458 g/mol. The van der Waals surface area contributed by atoms with E-state index in [0.29, 0.717) is 56.6 Å². The van der Waals surface area contributed by atoms with Crippen LogP contribution in [-0.4, -0.2) is 56.5 Å². The molecule has 2 aliphatic heterocycles. The van der Waals surface area contributed by atoms with E-state index in [9.17, 15) is 13.2 Å². The molecule has 34 heavy (non-hydrogen) atoms. The number of nitrogens with zero attached hydrogens (tertiary/aromatic N) is 2. The third-order valence-corrected chi connectivity index (χ3v) is 7.82. The fraction of sp³-hybridized carbons (Fsp3) is 0.500. The van der Waals surface area contributed by atoms with Gasteiger partial charge in [-0.15, -0.1) is 0 Å². The summed E-state index contributed by atoms with van der Waals surface area (Å²) in [6, 6.07) is 8.41. The van der Waals surface area contributed by atoms with Crippen molar-refractivity contribution in [1.82, 2.24) is 14.6 Å². The smallest absolute Gasteiger partial charge is 0.243 e. The van der Waals surface area contributed by atoms with Crippen LogP contribution >= 0.6 is 0 Å². The Hall–Kier alpha value is -2.85. The summed E-state index contributed by atoms with van der Waals surface area (Å²) < 4.78 is 44.7.